The molecule has 0 spiro atoms. The Balaban J connectivity index is 1.28. The van der Waals surface area contributed by atoms with Crippen molar-refractivity contribution in [3.8, 4) is 10.8 Å². The lowest BCUT2D eigenvalue weighted by Gasteiger charge is -2.20. The maximum atomic E-state index is 13.5. The lowest BCUT2D eigenvalue weighted by atomic mass is 10.1. The van der Waals surface area contributed by atoms with E-state index in [1.807, 2.05) is 0 Å². The van der Waals surface area contributed by atoms with E-state index >= 15 is 0 Å². The molecule has 9 nitrogen and oxygen atoms in total. The van der Waals surface area contributed by atoms with E-state index in [1.54, 1.807) is 48.2 Å². The minimum atomic E-state index is -3.62. The number of benzene rings is 2. The summed E-state index contributed by atoms with van der Waals surface area (Å²) >= 11 is 2.77. The Hall–Kier alpha value is -2.93. The molecule has 3 aromatic rings. The molecule has 0 aliphatic heterocycles. The second kappa shape index (κ2) is 12.7. The van der Waals surface area contributed by atoms with Gasteiger partial charge in [-0.05, 0) is 67.6 Å². The highest BCUT2D eigenvalue weighted by atomic mass is 32.2. The SMILES string of the molecule is O=C(O)c1ccc(Oc2cnc(NC(=O)C(SC3CCCC3)c3ccc(S(=O)(=O)NC4CCCC4)cc3)s2)cc1. The number of ether oxygens (including phenoxy) is 1. The number of carbonyl (C=O) groups excluding carboxylic acids is 1. The van der Waals surface area contributed by atoms with Gasteiger partial charge in [0.2, 0.25) is 21.0 Å². The van der Waals surface area contributed by atoms with Gasteiger partial charge in [-0.1, -0.05) is 49.2 Å². The Labute approximate surface area is 241 Å². The minimum absolute atomic E-state index is 0.0163. The summed E-state index contributed by atoms with van der Waals surface area (Å²) < 4.78 is 34.3. The molecule has 3 N–H and O–H groups in total. The molecule has 0 radical (unpaired) electrons. The lowest BCUT2D eigenvalue weighted by Crippen LogP contribution is -2.32. The summed E-state index contributed by atoms with van der Waals surface area (Å²) in [7, 11) is -3.62. The Morgan fingerprint density at radius 2 is 1.62 bits per heavy atom. The molecule has 1 aromatic heterocycles. The van der Waals surface area contributed by atoms with Gasteiger partial charge in [0, 0.05) is 11.3 Å². The van der Waals surface area contributed by atoms with Crippen molar-refractivity contribution in [1.29, 1.82) is 0 Å². The van der Waals surface area contributed by atoms with Crippen LogP contribution < -0.4 is 14.8 Å². The fraction of sp³-hybridized carbons (Fsp3) is 0.393. The van der Waals surface area contributed by atoms with Gasteiger partial charge in [-0.2, -0.15) is 0 Å². The topological polar surface area (TPSA) is 135 Å². The van der Waals surface area contributed by atoms with Crippen molar-refractivity contribution in [2.45, 2.75) is 72.8 Å². The van der Waals surface area contributed by atoms with E-state index < -0.39 is 21.2 Å². The van der Waals surface area contributed by atoms with Crippen LogP contribution >= 0.6 is 23.1 Å². The molecular weight excluding hydrogens is 571 g/mol. The fourth-order valence-electron chi connectivity index (χ4n) is 4.98. The second-order valence-corrected chi connectivity index (χ2v) is 14.1. The van der Waals surface area contributed by atoms with Crippen LogP contribution in [0.3, 0.4) is 0 Å². The van der Waals surface area contributed by atoms with Gasteiger partial charge in [-0.3, -0.25) is 4.79 Å². The number of thioether (sulfide) groups is 1. The number of hydrogen-bond donors (Lipinski definition) is 3. The number of carboxylic acid groups (broad SMARTS) is 1. The smallest absolute Gasteiger partial charge is 0.335 e. The third-order valence-electron chi connectivity index (χ3n) is 7.07. The molecule has 1 atom stereocenters. The number of thiazole rings is 1. The molecule has 1 amide bonds. The van der Waals surface area contributed by atoms with E-state index in [0.29, 0.717) is 21.2 Å². The number of nitrogens with one attached hydrogen (secondary N) is 2. The van der Waals surface area contributed by atoms with Crippen LogP contribution in [0.25, 0.3) is 0 Å². The van der Waals surface area contributed by atoms with Gasteiger partial charge in [0.05, 0.1) is 16.7 Å². The maximum absolute atomic E-state index is 13.5. The van der Waals surface area contributed by atoms with Crippen molar-refractivity contribution >= 4 is 50.1 Å². The average Bonchev–Trinajstić information content (AvgIpc) is 3.72. The zero-order valence-corrected chi connectivity index (χ0v) is 24.2. The molecule has 5 rings (SSSR count). The van der Waals surface area contributed by atoms with Gasteiger partial charge >= 0.3 is 5.97 Å². The van der Waals surface area contributed by atoms with Crippen LogP contribution in [0.2, 0.25) is 0 Å². The number of hydrogen-bond acceptors (Lipinski definition) is 8. The van der Waals surface area contributed by atoms with Crippen molar-refractivity contribution in [2.75, 3.05) is 5.32 Å². The number of rotatable bonds is 11. The van der Waals surface area contributed by atoms with Gasteiger partial charge in [-0.15, -0.1) is 11.8 Å². The summed E-state index contributed by atoms with van der Waals surface area (Å²) in [5.74, 6) is -0.793. The third kappa shape index (κ3) is 7.22. The molecule has 2 fully saturated rings. The standard InChI is InChI=1S/C28H31N3O6S3/c32-26(30-28-29-17-24(39-28)37-21-13-9-19(10-14-21)27(33)34)25(38-22-7-3-4-8-22)18-11-15-23(16-12-18)40(35,36)31-20-5-1-2-6-20/h9-17,20,22,25,31H,1-8H2,(H,33,34)(H,29,30,32). The zero-order chi connectivity index (χ0) is 28.1. The molecular formula is C28H31N3O6S3. The van der Waals surface area contributed by atoms with Crippen LogP contribution in [0, 0.1) is 0 Å². The van der Waals surface area contributed by atoms with Gasteiger partial charge < -0.3 is 15.2 Å². The van der Waals surface area contributed by atoms with Crippen molar-refractivity contribution in [1.82, 2.24) is 9.71 Å². The Morgan fingerprint density at radius 1 is 0.975 bits per heavy atom. The first-order valence-corrected chi connectivity index (χ1v) is 16.6. The monoisotopic (exact) mass is 601 g/mol. The highest BCUT2D eigenvalue weighted by Gasteiger charge is 2.29. The summed E-state index contributed by atoms with van der Waals surface area (Å²) in [5.41, 5.74) is 0.895. The lowest BCUT2D eigenvalue weighted by molar-refractivity contribution is -0.115. The number of sulfonamides is 1. The predicted octanol–water partition coefficient (Wildman–Crippen LogP) is 6.21. The Kier molecular flexibility index (Phi) is 9.09. The first kappa shape index (κ1) is 28.6. The number of carbonyl (C=O) groups is 2. The molecule has 1 unspecified atom stereocenters. The van der Waals surface area contributed by atoms with Crippen molar-refractivity contribution in [2.24, 2.45) is 0 Å². The largest absolute Gasteiger partial charge is 0.478 e. The first-order chi connectivity index (χ1) is 19.3. The van der Waals surface area contributed by atoms with Crippen molar-refractivity contribution in [3.63, 3.8) is 0 Å². The number of carboxylic acids is 1. The second-order valence-electron chi connectivity index (χ2n) is 10.00. The molecule has 2 saturated carbocycles. The van der Waals surface area contributed by atoms with E-state index in [-0.39, 0.29) is 22.4 Å². The van der Waals surface area contributed by atoms with Crippen molar-refractivity contribution < 1.29 is 27.9 Å². The first-order valence-electron chi connectivity index (χ1n) is 13.3. The third-order valence-corrected chi connectivity index (χ3v) is 11.0. The molecule has 1 heterocycles. The maximum Gasteiger partial charge on any atom is 0.335 e. The number of nitrogens with zero attached hydrogens (tertiary/aromatic N) is 1. The Bertz CT molecular complexity index is 1430. The van der Waals surface area contributed by atoms with Crippen LogP contribution in [0.15, 0.2) is 59.6 Å². The summed E-state index contributed by atoms with van der Waals surface area (Å²) in [5, 5.41) is 12.6. The van der Waals surface area contributed by atoms with Gasteiger partial charge in [0.1, 0.15) is 11.0 Å². The van der Waals surface area contributed by atoms with E-state index in [0.717, 1.165) is 68.3 Å². The number of amides is 1. The van der Waals surface area contributed by atoms with Crippen LogP contribution in [0.1, 0.15) is 72.5 Å². The van der Waals surface area contributed by atoms with Crippen LogP contribution in [-0.4, -0.2) is 41.7 Å². The van der Waals surface area contributed by atoms with Gasteiger partial charge in [-0.25, -0.2) is 22.9 Å². The summed E-state index contributed by atoms with van der Waals surface area (Å²) in [6, 6.07) is 12.6. The van der Waals surface area contributed by atoms with E-state index in [1.165, 1.54) is 18.3 Å². The summed E-state index contributed by atoms with van der Waals surface area (Å²) in [6.07, 6.45) is 9.65. The van der Waals surface area contributed by atoms with Crippen LogP contribution in [0.5, 0.6) is 10.8 Å². The molecule has 0 bridgehead atoms. The normalized spacial score (nSPS) is 17.1. The predicted molar refractivity (Wildman–Crippen MR) is 156 cm³/mol. The summed E-state index contributed by atoms with van der Waals surface area (Å²) in [6.45, 7) is 0. The number of anilines is 1. The number of aromatic nitrogens is 1. The fourth-order valence-corrected chi connectivity index (χ4v) is 8.46. The molecule has 2 aliphatic carbocycles. The van der Waals surface area contributed by atoms with E-state index in [2.05, 4.69) is 15.0 Å². The zero-order valence-electron chi connectivity index (χ0n) is 21.7. The number of aromatic carboxylic acids is 1. The Morgan fingerprint density at radius 3 is 2.27 bits per heavy atom. The molecule has 40 heavy (non-hydrogen) atoms. The molecule has 0 saturated heterocycles. The molecule has 212 valence electrons. The highest BCUT2D eigenvalue weighted by molar-refractivity contribution is 8.00. The van der Waals surface area contributed by atoms with E-state index in [9.17, 15) is 18.0 Å². The van der Waals surface area contributed by atoms with Gasteiger partial charge in [0.25, 0.3) is 0 Å². The minimum Gasteiger partial charge on any atom is -0.478 e. The quantitative estimate of drug-likeness (QED) is 0.236. The van der Waals surface area contributed by atoms with E-state index in [4.69, 9.17) is 9.84 Å². The van der Waals surface area contributed by atoms with Crippen LogP contribution in [-0.2, 0) is 14.8 Å². The van der Waals surface area contributed by atoms with Crippen molar-refractivity contribution in [3.05, 3.63) is 65.9 Å². The average molecular weight is 602 g/mol. The van der Waals surface area contributed by atoms with Crippen LogP contribution in [0.4, 0.5) is 5.13 Å². The summed E-state index contributed by atoms with van der Waals surface area (Å²) in [4.78, 5) is 29.0. The molecule has 2 aliphatic rings. The van der Waals surface area contributed by atoms with Gasteiger partial charge in [0.15, 0.2) is 5.13 Å². The molecule has 12 heteroatoms. The highest BCUT2D eigenvalue weighted by Crippen LogP contribution is 2.41. The molecule has 2 aromatic carbocycles.